The van der Waals surface area contributed by atoms with E-state index in [0.717, 1.165) is 23.6 Å². The molecule has 0 bridgehead atoms. The maximum Gasteiger partial charge on any atom is 0.270 e. The van der Waals surface area contributed by atoms with Crippen molar-refractivity contribution in [1.82, 2.24) is 4.90 Å². The fraction of sp³-hybridized carbons (Fsp3) is 0.350. The molecule has 2 aromatic carbocycles. The van der Waals surface area contributed by atoms with Crippen LogP contribution in [0.1, 0.15) is 34.8 Å². The molecular weight excluding hydrogens is 416 g/mol. The monoisotopic (exact) mass is 436 g/mol. The van der Waals surface area contributed by atoms with E-state index >= 15 is 0 Å². The van der Waals surface area contributed by atoms with E-state index in [0.29, 0.717) is 6.42 Å². The van der Waals surface area contributed by atoms with E-state index in [2.05, 4.69) is 0 Å². The summed E-state index contributed by atoms with van der Waals surface area (Å²) in [6.07, 6.45) is 1.21. The predicted octanol–water partition coefficient (Wildman–Crippen LogP) is 3.64. The molecule has 0 aromatic heterocycles. The average molecular weight is 437 g/mol. The number of benzene rings is 2. The molecule has 1 aliphatic rings. The van der Waals surface area contributed by atoms with Crippen molar-refractivity contribution in [2.75, 3.05) is 11.5 Å². The van der Waals surface area contributed by atoms with Gasteiger partial charge in [-0.1, -0.05) is 42.8 Å². The fourth-order valence-corrected chi connectivity index (χ4v) is 5.34. The quantitative estimate of drug-likeness (QED) is 0.508. The van der Waals surface area contributed by atoms with E-state index in [-0.39, 0.29) is 34.3 Å². The molecule has 1 unspecified atom stereocenters. The van der Waals surface area contributed by atoms with E-state index in [4.69, 9.17) is 11.6 Å². The Bertz CT molecular complexity index is 1040. The zero-order valence-electron chi connectivity index (χ0n) is 15.9. The fourth-order valence-electron chi connectivity index (χ4n) is 3.41. The van der Waals surface area contributed by atoms with Crippen LogP contribution in [0.3, 0.4) is 0 Å². The number of nitrogens with zero attached hydrogens (tertiary/aromatic N) is 2. The second-order valence-electron chi connectivity index (χ2n) is 7.08. The molecule has 154 valence electrons. The second-order valence-corrected chi connectivity index (χ2v) is 9.72. The molecule has 7 nitrogen and oxygen atoms in total. The van der Waals surface area contributed by atoms with Crippen LogP contribution in [-0.4, -0.2) is 41.7 Å². The van der Waals surface area contributed by atoms with Gasteiger partial charge >= 0.3 is 0 Å². The van der Waals surface area contributed by atoms with Crippen molar-refractivity contribution in [3.8, 4) is 0 Å². The first-order valence-electron chi connectivity index (χ1n) is 9.23. The lowest BCUT2D eigenvalue weighted by molar-refractivity contribution is -0.384. The molecule has 0 saturated carbocycles. The summed E-state index contributed by atoms with van der Waals surface area (Å²) in [6, 6.07) is 10.9. The Kier molecular flexibility index (Phi) is 6.24. The van der Waals surface area contributed by atoms with Crippen LogP contribution in [0, 0.1) is 10.1 Å². The highest BCUT2D eigenvalue weighted by atomic mass is 35.5. The normalized spacial score (nSPS) is 17.8. The van der Waals surface area contributed by atoms with Crippen LogP contribution < -0.4 is 0 Å². The van der Waals surface area contributed by atoms with Crippen LogP contribution in [0.4, 0.5) is 5.69 Å². The van der Waals surface area contributed by atoms with Crippen LogP contribution in [-0.2, 0) is 22.8 Å². The molecule has 0 aliphatic carbocycles. The first kappa shape index (κ1) is 21.3. The van der Waals surface area contributed by atoms with E-state index in [1.807, 2.05) is 31.2 Å². The largest absolute Gasteiger partial charge is 0.330 e. The van der Waals surface area contributed by atoms with Gasteiger partial charge in [-0.15, -0.1) is 0 Å². The van der Waals surface area contributed by atoms with Crippen LogP contribution >= 0.6 is 11.6 Å². The summed E-state index contributed by atoms with van der Waals surface area (Å²) in [7, 11) is -3.23. The van der Waals surface area contributed by atoms with Crippen molar-refractivity contribution in [3.63, 3.8) is 0 Å². The molecule has 0 spiro atoms. The van der Waals surface area contributed by atoms with Crippen molar-refractivity contribution < 1.29 is 18.1 Å². The lowest BCUT2D eigenvalue weighted by atomic mass is 10.1. The first-order chi connectivity index (χ1) is 13.7. The Morgan fingerprint density at radius 2 is 1.86 bits per heavy atom. The minimum atomic E-state index is -3.23. The summed E-state index contributed by atoms with van der Waals surface area (Å²) >= 11 is 6.16. The number of carbonyl (C=O) groups excluding carboxylic acids is 1. The van der Waals surface area contributed by atoms with Gasteiger partial charge < -0.3 is 4.90 Å². The number of halogens is 1. The van der Waals surface area contributed by atoms with E-state index in [1.165, 1.54) is 17.0 Å². The maximum absolute atomic E-state index is 13.3. The van der Waals surface area contributed by atoms with Crippen LogP contribution in [0.15, 0.2) is 42.5 Å². The number of nitro groups is 1. The minimum Gasteiger partial charge on any atom is -0.330 e. The Balaban J connectivity index is 1.97. The van der Waals surface area contributed by atoms with Crippen molar-refractivity contribution >= 4 is 33.0 Å². The van der Waals surface area contributed by atoms with Gasteiger partial charge in [0.25, 0.3) is 11.6 Å². The number of amides is 1. The molecule has 2 aromatic rings. The van der Waals surface area contributed by atoms with Crippen LogP contribution in [0.2, 0.25) is 5.02 Å². The molecule has 0 radical (unpaired) electrons. The number of sulfone groups is 1. The van der Waals surface area contributed by atoms with Gasteiger partial charge in [0.1, 0.15) is 0 Å². The maximum atomic E-state index is 13.3. The van der Waals surface area contributed by atoms with Crippen molar-refractivity contribution in [3.05, 3.63) is 74.3 Å². The molecule has 1 saturated heterocycles. The van der Waals surface area contributed by atoms with Crippen LogP contribution in [0.5, 0.6) is 0 Å². The van der Waals surface area contributed by atoms with Gasteiger partial charge in [0.2, 0.25) is 0 Å². The van der Waals surface area contributed by atoms with Gasteiger partial charge in [0, 0.05) is 24.7 Å². The SMILES string of the molecule is CCc1ccc(CN(C(=O)c2cc([N+](=O)[O-])ccc2Cl)C2CCS(=O)(=O)C2)cc1. The Labute approximate surface area is 174 Å². The van der Waals surface area contributed by atoms with Gasteiger partial charge in [-0.25, -0.2) is 8.42 Å². The first-order valence-corrected chi connectivity index (χ1v) is 11.4. The summed E-state index contributed by atoms with van der Waals surface area (Å²) in [6.45, 7) is 2.24. The summed E-state index contributed by atoms with van der Waals surface area (Å²) in [5, 5.41) is 11.2. The lowest BCUT2D eigenvalue weighted by Crippen LogP contribution is -2.40. The van der Waals surface area contributed by atoms with Crippen molar-refractivity contribution in [2.45, 2.75) is 32.4 Å². The van der Waals surface area contributed by atoms with Gasteiger partial charge in [0.15, 0.2) is 9.84 Å². The topological polar surface area (TPSA) is 97.6 Å². The van der Waals surface area contributed by atoms with Gasteiger partial charge in [0.05, 0.1) is 27.0 Å². The molecule has 1 atom stereocenters. The van der Waals surface area contributed by atoms with E-state index in [9.17, 15) is 23.3 Å². The summed E-state index contributed by atoms with van der Waals surface area (Å²) in [5.41, 5.74) is 1.75. The average Bonchev–Trinajstić information content (AvgIpc) is 3.05. The molecule has 0 N–H and O–H groups in total. The molecule has 1 heterocycles. The van der Waals surface area contributed by atoms with Crippen molar-refractivity contribution in [2.24, 2.45) is 0 Å². The Hall–Kier alpha value is -2.45. The number of carbonyl (C=O) groups is 1. The number of non-ortho nitro benzene ring substituents is 1. The number of rotatable bonds is 6. The smallest absolute Gasteiger partial charge is 0.270 e. The number of hydrogen-bond acceptors (Lipinski definition) is 5. The number of hydrogen-bond donors (Lipinski definition) is 0. The molecule has 9 heteroatoms. The van der Waals surface area contributed by atoms with E-state index < -0.39 is 26.7 Å². The molecule has 3 rings (SSSR count). The molecule has 1 amide bonds. The number of nitro benzene ring substituents is 1. The van der Waals surface area contributed by atoms with Gasteiger partial charge in [-0.2, -0.15) is 0 Å². The minimum absolute atomic E-state index is 0.00431. The number of aryl methyl sites for hydroxylation is 1. The Morgan fingerprint density at radius 3 is 2.41 bits per heavy atom. The summed E-state index contributed by atoms with van der Waals surface area (Å²) in [5.74, 6) is -0.627. The summed E-state index contributed by atoms with van der Waals surface area (Å²) in [4.78, 5) is 25.3. The third kappa shape index (κ3) is 4.94. The highest BCUT2D eigenvalue weighted by molar-refractivity contribution is 7.91. The highest BCUT2D eigenvalue weighted by Crippen LogP contribution is 2.27. The second kappa shape index (κ2) is 8.51. The summed E-state index contributed by atoms with van der Waals surface area (Å²) < 4.78 is 24.0. The highest BCUT2D eigenvalue weighted by Gasteiger charge is 2.36. The Morgan fingerprint density at radius 1 is 1.21 bits per heavy atom. The standard InChI is InChI=1S/C20H21ClN2O5S/c1-2-14-3-5-15(6-4-14)12-22(17-9-10-29(27,28)13-17)20(24)18-11-16(23(25)26)7-8-19(18)21/h3-8,11,17H,2,9-10,12-13H2,1H3. The van der Waals surface area contributed by atoms with E-state index in [1.54, 1.807) is 0 Å². The lowest BCUT2D eigenvalue weighted by Gasteiger charge is -2.29. The zero-order chi connectivity index (χ0) is 21.2. The van der Waals surface area contributed by atoms with Crippen LogP contribution in [0.25, 0.3) is 0 Å². The third-order valence-electron chi connectivity index (χ3n) is 5.09. The molecular formula is C20H21ClN2O5S. The third-order valence-corrected chi connectivity index (χ3v) is 7.17. The molecule has 1 aliphatic heterocycles. The predicted molar refractivity (Wildman–Crippen MR) is 111 cm³/mol. The molecule has 29 heavy (non-hydrogen) atoms. The van der Waals surface area contributed by atoms with Gasteiger partial charge in [-0.3, -0.25) is 14.9 Å². The molecule has 1 fully saturated rings. The zero-order valence-corrected chi connectivity index (χ0v) is 17.4. The van der Waals surface area contributed by atoms with Gasteiger partial charge in [-0.05, 0) is 30.0 Å². The van der Waals surface area contributed by atoms with Crippen molar-refractivity contribution in [1.29, 1.82) is 0 Å².